The fourth-order valence-corrected chi connectivity index (χ4v) is 3.12. The zero-order valence-electron chi connectivity index (χ0n) is 13.3. The average Bonchev–Trinajstić information content (AvgIpc) is 2.76. The zero-order chi connectivity index (χ0) is 17.3. The van der Waals surface area contributed by atoms with E-state index in [9.17, 15) is 18.8 Å². The maximum Gasteiger partial charge on any atom is 0.324 e. The summed E-state index contributed by atoms with van der Waals surface area (Å²) in [5.74, 6) is -0.762. The van der Waals surface area contributed by atoms with E-state index < -0.39 is 5.54 Å². The van der Waals surface area contributed by atoms with Gasteiger partial charge in [-0.3, -0.25) is 19.4 Å². The Hall–Kier alpha value is -2.48. The smallest absolute Gasteiger partial charge is 0.324 e. The van der Waals surface area contributed by atoms with E-state index in [4.69, 9.17) is 0 Å². The summed E-state index contributed by atoms with van der Waals surface area (Å²) in [7, 11) is 1.47. The van der Waals surface area contributed by atoms with Crippen LogP contribution < -0.4 is 10.6 Å². The third kappa shape index (κ3) is 3.09. The lowest BCUT2D eigenvalue weighted by molar-refractivity contribution is -0.132. The second-order valence-electron chi connectivity index (χ2n) is 6.21. The van der Waals surface area contributed by atoms with E-state index in [1.807, 2.05) is 4.90 Å². The molecule has 8 heteroatoms. The molecule has 2 aliphatic heterocycles. The Morgan fingerprint density at radius 1 is 1.25 bits per heavy atom. The number of likely N-dealkylation sites (N-methyl/N-ethyl adjacent to an activating group) is 1. The molecule has 2 heterocycles. The van der Waals surface area contributed by atoms with Crippen LogP contribution >= 0.6 is 0 Å². The highest BCUT2D eigenvalue weighted by molar-refractivity contribution is 6.06. The predicted octanol–water partition coefficient (Wildman–Crippen LogP) is 0.780. The summed E-state index contributed by atoms with van der Waals surface area (Å²) in [6.45, 7) is 1.26. The fraction of sp³-hybridized carbons (Fsp3) is 0.438. The highest BCUT2D eigenvalue weighted by atomic mass is 19.1. The van der Waals surface area contributed by atoms with Crippen molar-refractivity contribution >= 4 is 23.5 Å². The minimum atomic E-state index is -0.824. The van der Waals surface area contributed by atoms with E-state index in [0.29, 0.717) is 31.6 Å². The third-order valence-corrected chi connectivity index (χ3v) is 4.57. The number of likely N-dealkylation sites (tertiary alicyclic amines) is 1. The molecule has 0 atom stereocenters. The third-order valence-electron chi connectivity index (χ3n) is 4.57. The second kappa shape index (κ2) is 6.20. The van der Waals surface area contributed by atoms with Gasteiger partial charge in [-0.1, -0.05) is 0 Å². The van der Waals surface area contributed by atoms with Crippen LogP contribution in [0.5, 0.6) is 0 Å². The molecule has 2 saturated heterocycles. The quantitative estimate of drug-likeness (QED) is 0.801. The molecular weight excluding hydrogens is 315 g/mol. The predicted molar refractivity (Wildman–Crippen MR) is 84.7 cm³/mol. The van der Waals surface area contributed by atoms with E-state index in [1.165, 1.54) is 31.3 Å². The topological polar surface area (TPSA) is 81.8 Å². The highest BCUT2D eigenvalue weighted by Gasteiger charge is 2.50. The molecule has 4 amide bonds. The summed E-state index contributed by atoms with van der Waals surface area (Å²) in [5.41, 5.74) is -0.287. The Morgan fingerprint density at radius 2 is 1.88 bits per heavy atom. The van der Waals surface area contributed by atoms with Crippen LogP contribution in [-0.2, 0) is 9.59 Å². The number of imide groups is 1. The number of piperidine rings is 1. The molecule has 1 aromatic rings. The number of rotatable bonds is 3. The number of hydrogen-bond acceptors (Lipinski definition) is 4. The molecule has 24 heavy (non-hydrogen) atoms. The minimum absolute atomic E-state index is 0.186. The number of urea groups is 1. The van der Waals surface area contributed by atoms with Gasteiger partial charge in [0.05, 0.1) is 6.54 Å². The SMILES string of the molecule is CN1C(=O)NC2(CCN(CC(=O)Nc3ccc(F)cc3)CC2)C1=O. The van der Waals surface area contributed by atoms with Gasteiger partial charge in [-0.2, -0.15) is 0 Å². The number of amides is 4. The molecule has 2 fully saturated rings. The Labute approximate surface area is 138 Å². The standard InChI is InChI=1S/C16H19FN4O3/c1-20-14(23)16(19-15(20)24)6-8-21(9-7-16)10-13(22)18-12-4-2-11(17)3-5-12/h2-5H,6-10H2,1H3,(H,18,22)(H,19,24). The number of nitrogens with zero attached hydrogens (tertiary/aromatic N) is 2. The number of benzene rings is 1. The van der Waals surface area contributed by atoms with Gasteiger partial charge >= 0.3 is 6.03 Å². The molecule has 7 nitrogen and oxygen atoms in total. The number of halogens is 1. The largest absolute Gasteiger partial charge is 0.325 e. The van der Waals surface area contributed by atoms with Crippen LogP contribution in [0, 0.1) is 5.82 Å². The first-order valence-electron chi connectivity index (χ1n) is 7.78. The van der Waals surface area contributed by atoms with E-state index in [0.717, 1.165) is 4.90 Å². The van der Waals surface area contributed by atoms with Gasteiger partial charge in [0.25, 0.3) is 5.91 Å². The van der Waals surface area contributed by atoms with Gasteiger partial charge in [-0.15, -0.1) is 0 Å². The fourth-order valence-electron chi connectivity index (χ4n) is 3.12. The van der Waals surface area contributed by atoms with E-state index >= 15 is 0 Å². The summed E-state index contributed by atoms with van der Waals surface area (Å²) in [6.07, 6.45) is 0.956. The van der Waals surface area contributed by atoms with Gasteiger partial charge in [0.2, 0.25) is 5.91 Å². The van der Waals surface area contributed by atoms with Gasteiger partial charge in [-0.25, -0.2) is 9.18 Å². The number of hydrogen-bond donors (Lipinski definition) is 2. The van der Waals surface area contributed by atoms with Crippen molar-refractivity contribution in [3.05, 3.63) is 30.1 Å². The maximum absolute atomic E-state index is 12.8. The summed E-state index contributed by atoms with van der Waals surface area (Å²) >= 11 is 0. The molecular formula is C16H19FN4O3. The lowest BCUT2D eigenvalue weighted by Gasteiger charge is -2.36. The highest BCUT2D eigenvalue weighted by Crippen LogP contribution is 2.28. The van der Waals surface area contributed by atoms with E-state index in [-0.39, 0.29) is 30.2 Å². The van der Waals surface area contributed by atoms with Crippen molar-refractivity contribution in [2.45, 2.75) is 18.4 Å². The first kappa shape index (κ1) is 16.4. The molecule has 0 unspecified atom stereocenters. The Morgan fingerprint density at radius 3 is 2.42 bits per heavy atom. The van der Waals surface area contributed by atoms with E-state index in [1.54, 1.807) is 0 Å². The molecule has 0 radical (unpaired) electrons. The molecule has 3 rings (SSSR count). The summed E-state index contributed by atoms with van der Waals surface area (Å²) in [5, 5.41) is 5.47. The molecule has 0 aliphatic carbocycles. The van der Waals surface area contributed by atoms with Crippen LogP contribution in [0.4, 0.5) is 14.9 Å². The van der Waals surface area contributed by atoms with Crippen LogP contribution in [0.15, 0.2) is 24.3 Å². The molecule has 0 bridgehead atoms. The van der Waals surface area contributed by atoms with Gasteiger partial charge in [0, 0.05) is 25.8 Å². The molecule has 1 aromatic carbocycles. The van der Waals surface area contributed by atoms with E-state index in [2.05, 4.69) is 10.6 Å². The van der Waals surface area contributed by atoms with Gasteiger partial charge in [-0.05, 0) is 37.1 Å². The normalized spacial score (nSPS) is 20.3. The van der Waals surface area contributed by atoms with Crippen molar-refractivity contribution in [2.24, 2.45) is 0 Å². The molecule has 1 spiro atoms. The van der Waals surface area contributed by atoms with Crippen LogP contribution in [-0.4, -0.2) is 59.9 Å². The second-order valence-corrected chi connectivity index (χ2v) is 6.21. The van der Waals surface area contributed by atoms with Crippen LogP contribution in [0.25, 0.3) is 0 Å². The summed E-state index contributed by atoms with van der Waals surface area (Å²) < 4.78 is 12.8. The molecule has 2 aliphatic rings. The molecule has 0 saturated carbocycles. The molecule has 2 N–H and O–H groups in total. The van der Waals surface area contributed by atoms with Gasteiger partial charge < -0.3 is 10.6 Å². The van der Waals surface area contributed by atoms with Crippen LogP contribution in [0.3, 0.4) is 0 Å². The average molecular weight is 334 g/mol. The first-order valence-corrected chi connectivity index (χ1v) is 7.78. The maximum atomic E-state index is 12.8. The summed E-state index contributed by atoms with van der Waals surface area (Å²) in [4.78, 5) is 38.9. The first-order chi connectivity index (χ1) is 11.4. The summed E-state index contributed by atoms with van der Waals surface area (Å²) in [6, 6.07) is 5.20. The Balaban J connectivity index is 1.52. The van der Waals surface area contributed by atoms with Crippen LogP contribution in [0.1, 0.15) is 12.8 Å². The molecule has 128 valence electrons. The van der Waals surface area contributed by atoms with Gasteiger partial charge in [0.15, 0.2) is 0 Å². The van der Waals surface area contributed by atoms with Crippen molar-refractivity contribution in [1.29, 1.82) is 0 Å². The van der Waals surface area contributed by atoms with Crippen LogP contribution in [0.2, 0.25) is 0 Å². The Kier molecular flexibility index (Phi) is 4.23. The lowest BCUT2D eigenvalue weighted by atomic mass is 9.87. The minimum Gasteiger partial charge on any atom is -0.325 e. The Bertz CT molecular complexity index is 668. The van der Waals surface area contributed by atoms with Crippen molar-refractivity contribution < 1.29 is 18.8 Å². The monoisotopic (exact) mass is 334 g/mol. The number of carbonyl (C=O) groups is 3. The lowest BCUT2D eigenvalue weighted by Crippen LogP contribution is -2.55. The molecule has 0 aromatic heterocycles. The van der Waals surface area contributed by atoms with Crippen molar-refractivity contribution in [2.75, 3.05) is 32.0 Å². The van der Waals surface area contributed by atoms with Crippen molar-refractivity contribution in [3.63, 3.8) is 0 Å². The number of nitrogens with one attached hydrogen (secondary N) is 2. The zero-order valence-corrected chi connectivity index (χ0v) is 13.3. The van der Waals surface area contributed by atoms with Crippen molar-refractivity contribution in [1.82, 2.24) is 15.1 Å². The number of carbonyl (C=O) groups excluding carboxylic acids is 3. The van der Waals surface area contributed by atoms with Crippen molar-refractivity contribution in [3.8, 4) is 0 Å². The van der Waals surface area contributed by atoms with Gasteiger partial charge in [0.1, 0.15) is 11.4 Å². The number of anilines is 1.